The molecule has 2 nitrogen and oxygen atoms in total. The fourth-order valence-electron chi connectivity index (χ4n) is 2.22. The SMILES string of the molecule is OCc1cc2ccccn2c1-c1ccccc1. The molecule has 84 valence electrons. The molecule has 0 aliphatic carbocycles. The minimum atomic E-state index is 0.0614. The molecule has 1 N–H and O–H groups in total. The van der Waals surface area contributed by atoms with Crippen LogP contribution in [0.5, 0.6) is 0 Å². The van der Waals surface area contributed by atoms with E-state index in [4.69, 9.17) is 0 Å². The number of benzene rings is 1. The van der Waals surface area contributed by atoms with Crippen molar-refractivity contribution in [2.24, 2.45) is 0 Å². The van der Waals surface area contributed by atoms with Gasteiger partial charge in [-0.2, -0.15) is 0 Å². The summed E-state index contributed by atoms with van der Waals surface area (Å²) in [6, 6.07) is 18.2. The van der Waals surface area contributed by atoms with Gasteiger partial charge in [0.2, 0.25) is 0 Å². The normalized spacial score (nSPS) is 10.9. The van der Waals surface area contributed by atoms with Crippen molar-refractivity contribution in [2.45, 2.75) is 6.61 Å². The predicted octanol–water partition coefficient (Wildman–Crippen LogP) is 3.10. The van der Waals surface area contributed by atoms with Gasteiger partial charge in [0.15, 0.2) is 0 Å². The third kappa shape index (κ3) is 1.63. The Hall–Kier alpha value is -2.06. The Morgan fingerprint density at radius 1 is 0.941 bits per heavy atom. The molecule has 0 radical (unpaired) electrons. The topological polar surface area (TPSA) is 24.6 Å². The van der Waals surface area contributed by atoms with Gasteiger partial charge in [-0.15, -0.1) is 0 Å². The van der Waals surface area contributed by atoms with E-state index >= 15 is 0 Å². The molecule has 0 spiro atoms. The van der Waals surface area contributed by atoms with Gasteiger partial charge in [-0.3, -0.25) is 0 Å². The highest BCUT2D eigenvalue weighted by Gasteiger charge is 2.10. The van der Waals surface area contributed by atoms with E-state index in [0.29, 0.717) is 0 Å². The van der Waals surface area contributed by atoms with Gasteiger partial charge in [0.25, 0.3) is 0 Å². The fraction of sp³-hybridized carbons (Fsp3) is 0.0667. The molecule has 0 saturated heterocycles. The molecule has 0 aliphatic rings. The minimum Gasteiger partial charge on any atom is -0.392 e. The fourth-order valence-corrected chi connectivity index (χ4v) is 2.22. The van der Waals surface area contributed by atoms with Crippen LogP contribution < -0.4 is 0 Å². The summed E-state index contributed by atoms with van der Waals surface area (Å²) in [6.45, 7) is 0.0614. The van der Waals surface area contributed by atoms with Gasteiger partial charge in [-0.1, -0.05) is 36.4 Å². The van der Waals surface area contributed by atoms with Crippen molar-refractivity contribution in [3.8, 4) is 11.3 Å². The number of aromatic nitrogens is 1. The summed E-state index contributed by atoms with van der Waals surface area (Å²) in [5, 5.41) is 9.47. The zero-order valence-corrected chi connectivity index (χ0v) is 9.38. The summed E-state index contributed by atoms with van der Waals surface area (Å²) >= 11 is 0. The Kier molecular flexibility index (Phi) is 2.42. The van der Waals surface area contributed by atoms with E-state index in [1.54, 1.807) is 0 Å². The molecule has 0 saturated carbocycles. The van der Waals surface area contributed by atoms with Crippen LogP contribution in [0.2, 0.25) is 0 Å². The zero-order chi connectivity index (χ0) is 11.7. The molecule has 0 aliphatic heterocycles. The lowest BCUT2D eigenvalue weighted by Crippen LogP contribution is -1.90. The third-order valence-electron chi connectivity index (χ3n) is 2.98. The van der Waals surface area contributed by atoms with Crippen molar-refractivity contribution in [1.82, 2.24) is 4.40 Å². The first-order chi connectivity index (χ1) is 8.40. The largest absolute Gasteiger partial charge is 0.392 e. The van der Waals surface area contributed by atoms with Crippen LogP contribution in [-0.2, 0) is 6.61 Å². The van der Waals surface area contributed by atoms with Gasteiger partial charge in [0.05, 0.1) is 12.3 Å². The van der Waals surface area contributed by atoms with Crippen LogP contribution in [0, 0.1) is 0 Å². The number of aliphatic hydroxyl groups excluding tert-OH is 1. The Balaban J connectivity index is 2.34. The minimum absolute atomic E-state index is 0.0614. The standard InChI is InChI=1S/C15H13NO/c17-11-13-10-14-8-4-5-9-16(14)15(13)12-6-2-1-3-7-12/h1-10,17H,11H2. The van der Waals surface area contributed by atoms with Crippen LogP contribution in [0.3, 0.4) is 0 Å². The first kappa shape index (κ1) is 10.1. The second-order valence-corrected chi connectivity index (χ2v) is 4.04. The van der Waals surface area contributed by atoms with E-state index in [9.17, 15) is 5.11 Å². The molecule has 3 rings (SSSR count). The Labute approximate surface area is 99.8 Å². The summed E-state index contributed by atoms with van der Waals surface area (Å²) in [5.41, 5.74) is 4.27. The average Bonchev–Trinajstić information content (AvgIpc) is 2.78. The number of fused-ring (bicyclic) bond motifs is 1. The van der Waals surface area contributed by atoms with Gasteiger partial charge >= 0.3 is 0 Å². The zero-order valence-electron chi connectivity index (χ0n) is 9.38. The molecule has 2 aromatic heterocycles. The summed E-state index contributed by atoms with van der Waals surface area (Å²) < 4.78 is 2.11. The molecule has 0 atom stereocenters. The second kappa shape index (κ2) is 4.07. The molecule has 17 heavy (non-hydrogen) atoms. The maximum atomic E-state index is 9.47. The highest BCUT2D eigenvalue weighted by atomic mass is 16.3. The lowest BCUT2D eigenvalue weighted by atomic mass is 10.1. The molecule has 0 amide bonds. The van der Waals surface area contributed by atoms with Gasteiger partial charge < -0.3 is 9.51 Å². The molecule has 2 heterocycles. The van der Waals surface area contributed by atoms with Crippen molar-refractivity contribution >= 4 is 5.52 Å². The van der Waals surface area contributed by atoms with Crippen LogP contribution in [0.1, 0.15) is 5.56 Å². The quantitative estimate of drug-likeness (QED) is 0.709. The molecule has 2 heteroatoms. The maximum absolute atomic E-state index is 9.47. The summed E-state index contributed by atoms with van der Waals surface area (Å²) in [6.07, 6.45) is 2.02. The van der Waals surface area contributed by atoms with E-state index in [1.165, 1.54) is 0 Å². The molecular formula is C15H13NO. The number of pyridine rings is 1. The highest BCUT2D eigenvalue weighted by molar-refractivity contribution is 5.71. The van der Waals surface area contributed by atoms with E-state index < -0.39 is 0 Å². The summed E-state index contributed by atoms with van der Waals surface area (Å²) in [4.78, 5) is 0. The van der Waals surface area contributed by atoms with Crippen LogP contribution in [-0.4, -0.2) is 9.51 Å². The Morgan fingerprint density at radius 2 is 1.71 bits per heavy atom. The van der Waals surface area contributed by atoms with E-state index in [2.05, 4.69) is 16.5 Å². The summed E-state index contributed by atoms with van der Waals surface area (Å²) in [7, 11) is 0. The smallest absolute Gasteiger partial charge is 0.0703 e. The monoisotopic (exact) mass is 223 g/mol. The summed E-state index contributed by atoms with van der Waals surface area (Å²) in [5.74, 6) is 0. The first-order valence-corrected chi connectivity index (χ1v) is 5.65. The number of rotatable bonds is 2. The maximum Gasteiger partial charge on any atom is 0.0703 e. The van der Waals surface area contributed by atoms with Crippen molar-refractivity contribution in [3.05, 3.63) is 66.4 Å². The highest BCUT2D eigenvalue weighted by Crippen LogP contribution is 2.27. The van der Waals surface area contributed by atoms with Gasteiger partial charge in [-0.25, -0.2) is 0 Å². The van der Waals surface area contributed by atoms with Gasteiger partial charge in [-0.05, 0) is 23.8 Å². The number of hydrogen-bond acceptors (Lipinski definition) is 1. The van der Waals surface area contributed by atoms with Crippen molar-refractivity contribution < 1.29 is 5.11 Å². The Morgan fingerprint density at radius 3 is 2.47 bits per heavy atom. The van der Waals surface area contributed by atoms with Crippen LogP contribution in [0.4, 0.5) is 0 Å². The third-order valence-corrected chi connectivity index (χ3v) is 2.98. The molecule has 0 fully saturated rings. The van der Waals surface area contributed by atoms with E-state index in [0.717, 1.165) is 22.3 Å². The van der Waals surface area contributed by atoms with Crippen LogP contribution in [0.25, 0.3) is 16.8 Å². The second-order valence-electron chi connectivity index (χ2n) is 4.04. The molecule has 0 unspecified atom stereocenters. The molecule has 0 bridgehead atoms. The van der Waals surface area contributed by atoms with Gasteiger partial charge in [0, 0.05) is 17.3 Å². The van der Waals surface area contributed by atoms with Crippen molar-refractivity contribution in [2.75, 3.05) is 0 Å². The molecular weight excluding hydrogens is 210 g/mol. The lowest BCUT2D eigenvalue weighted by Gasteiger charge is -2.05. The van der Waals surface area contributed by atoms with E-state index in [1.807, 2.05) is 48.7 Å². The van der Waals surface area contributed by atoms with Crippen LogP contribution in [0.15, 0.2) is 60.8 Å². The Bertz CT molecular complexity index is 640. The van der Waals surface area contributed by atoms with Gasteiger partial charge in [0.1, 0.15) is 0 Å². The van der Waals surface area contributed by atoms with Crippen LogP contribution >= 0.6 is 0 Å². The number of nitrogens with zero attached hydrogens (tertiary/aromatic N) is 1. The number of aliphatic hydroxyl groups is 1. The first-order valence-electron chi connectivity index (χ1n) is 5.65. The molecule has 1 aromatic carbocycles. The van der Waals surface area contributed by atoms with Crippen molar-refractivity contribution in [1.29, 1.82) is 0 Å². The predicted molar refractivity (Wildman–Crippen MR) is 68.8 cm³/mol. The lowest BCUT2D eigenvalue weighted by molar-refractivity contribution is 0.282. The van der Waals surface area contributed by atoms with Crippen molar-refractivity contribution in [3.63, 3.8) is 0 Å². The number of hydrogen-bond donors (Lipinski definition) is 1. The van der Waals surface area contributed by atoms with E-state index in [-0.39, 0.29) is 6.61 Å². The average molecular weight is 223 g/mol. The molecule has 3 aromatic rings.